The molecule has 0 bridgehead atoms. The molecule has 1 N–H and O–H groups in total. The van der Waals surface area contributed by atoms with E-state index < -0.39 is 0 Å². The van der Waals surface area contributed by atoms with Crippen LogP contribution < -0.4 is 14.8 Å². The molecule has 0 fully saturated rings. The maximum atomic E-state index is 12.8. The van der Waals surface area contributed by atoms with Crippen LogP contribution in [0.4, 0.5) is 11.4 Å². The van der Waals surface area contributed by atoms with Crippen molar-refractivity contribution in [2.75, 3.05) is 19.5 Å². The molecule has 0 aliphatic heterocycles. The largest absolute Gasteiger partial charge is 0.497 e. The van der Waals surface area contributed by atoms with Gasteiger partial charge in [0.25, 0.3) is 0 Å². The zero-order chi connectivity index (χ0) is 17.6. The van der Waals surface area contributed by atoms with Gasteiger partial charge in [0, 0.05) is 41.8 Å². The summed E-state index contributed by atoms with van der Waals surface area (Å²) in [6.07, 6.45) is 3.20. The number of hydrogen-bond donors (Lipinski definition) is 1. The lowest BCUT2D eigenvalue weighted by molar-refractivity contribution is 0.103. The molecule has 126 valence electrons. The smallest absolute Gasteiger partial charge is 0.196 e. The van der Waals surface area contributed by atoms with E-state index in [9.17, 15) is 4.79 Å². The molecule has 5 nitrogen and oxygen atoms in total. The molecule has 3 aromatic rings. The summed E-state index contributed by atoms with van der Waals surface area (Å²) in [6, 6.07) is 16.3. The van der Waals surface area contributed by atoms with Crippen LogP contribution in [-0.2, 0) is 0 Å². The highest BCUT2D eigenvalue weighted by molar-refractivity contribution is 6.12. The van der Waals surface area contributed by atoms with Gasteiger partial charge in [-0.25, -0.2) is 0 Å². The number of hydrogen-bond acceptors (Lipinski definition) is 5. The Morgan fingerprint density at radius 3 is 2.28 bits per heavy atom. The second kappa shape index (κ2) is 7.49. The summed E-state index contributed by atoms with van der Waals surface area (Å²) in [5, 5.41) is 3.25. The summed E-state index contributed by atoms with van der Waals surface area (Å²) >= 11 is 0. The Balaban J connectivity index is 1.96. The molecule has 1 aromatic heterocycles. The van der Waals surface area contributed by atoms with Gasteiger partial charge in [-0.1, -0.05) is 30.3 Å². The third-order valence-corrected chi connectivity index (χ3v) is 3.73. The van der Waals surface area contributed by atoms with Crippen molar-refractivity contribution in [2.24, 2.45) is 0 Å². The predicted octanol–water partition coefficient (Wildman–Crippen LogP) is 4.07. The van der Waals surface area contributed by atoms with E-state index in [1.54, 1.807) is 50.9 Å². The molecule has 0 amide bonds. The van der Waals surface area contributed by atoms with Crippen LogP contribution >= 0.6 is 0 Å². The van der Waals surface area contributed by atoms with Gasteiger partial charge in [-0.3, -0.25) is 9.78 Å². The number of nitrogens with zero attached hydrogens (tertiary/aromatic N) is 1. The topological polar surface area (TPSA) is 60.5 Å². The minimum absolute atomic E-state index is 0.0916. The van der Waals surface area contributed by atoms with Gasteiger partial charge in [-0.2, -0.15) is 0 Å². The van der Waals surface area contributed by atoms with Crippen LogP contribution in [0.1, 0.15) is 15.9 Å². The van der Waals surface area contributed by atoms with Crippen molar-refractivity contribution in [3.63, 3.8) is 0 Å². The molecule has 0 saturated carbocycles. The van der Waals surface area contributed by atoms with E-state index in [4.69, 9.17) is 9.47 Å². The molecule has 0 atom stereocenters. The summed E-state index contributed by atoms with van der Waals surface area (Å²) in [4.78, 5) is 16.9. The number of carbonyl (C=O) groups is 1. The normalized spacial score (nSPS) is 10.2. The van der Waals surface area contributed by atoms with Gasteiger partial charge >= 0.3 is 0 Å². The van der Waals surface area contributed by atoms with Gasteiger partial charge in [-0.05, 0) is 6.07 Å². The lowest BCUT2D eigenvalue weighted by Gasteiger charge is -2.13. The average Bonchev–Trinajstić information content (AvgIpc) is 2.68. The number of rotatable bonds is 6. The second-order valence-electron chi connectivity index (χ2n) is 5.34. The highest BCUT2D eigenvalue weighted by Gasteiger charge is 2.14. The fourth-order valence-electron chi connectivity index (χ4n) is 2.46. The number of methoxy groups -OCH3 is 2. The van der Waals surface area contributed by atoms with Crippen LogP contribution in [0.3, 0.4) is 0 Å². The Bertz CT molecular complexity index is 857. The van der Waals surface area contributed by atoms with Crippen molar-refractivity contribution < 1.29 is 14.3 Å². The SMILES string of the molecule is COc1cc(Nc2ccncc2C(=O)c2ccccc2)cc(OC)c1. The standard InChI is InChI=1S/C20H18N2O3/c1-24-16-10-15(11-17(12-16)25-2)22-19-8-9-21-13-18(19)20(23)14-6-4-3-5-7-14/h3-13H,1-2H3,(H,21,22). The van der Waals surface area contributed by atoms with Crippen LogP contribution in [0, 0.1) is 0 Å². The highest BCUT2D eigenvalue weighted by atomic mass is 16.5. The zero-order valence-corrected chi connectivity index (χ0v) is 14.0. The first-order chi connectivity index (χ1) is 12.2. The number of pyridine rings is 1. The van der Waals surface area contributed by atoms with E-state index in [2.05, 4.69) is 10.3 Å². The molecule has 0 saturated heterocycles. The summed E-state index contributed by atoms with van der Waals surface area (Å²) < 4.78 is 10.6. The second-order valence-corrected chi connectivity index (χ2v) is 5.34. The molecule has 2 aromatic carbocycles. The van der Waals surface area contributed by atoms with Gasteiger partial charge in [0.15, 0.2) is 5.78 Å². The quantitative estimate of drug-likeness (QED) is 0.689. The van der Waals surface area contributed by atoms with Crippen molar-refractivity contribution in [1.29, 1.82) is 0 Å². The first kappa shape index (κ1) is 16.5. The molecule has 1 heterocycles. The lowest BCUT2D eigenvalue weighted by Crippen LogP contribution is -2.06. The van der Waals surface area contributed by atoms with Crippen molar-refractivity contribution in [3.05, 3.63) is 78.1 Å². The number of benzene rings is 2. The van der Waals surface area contributed by atoms with E-state index in [-0.39, 0.29) is 5.78 Å². The first-order valence-electron chi connectivity index (χ1n) is 7.75. The Labute approximate surface area is 146 Å². The third kappa shape index (κ3) is 3.77. The molecule has 0 aliphatic carbocycles. The molecular formula is C20H18N2O3. The van der Waals surface area contributed by atoms with Crippen molar-refractivity contribution in [3.8, 4) is 11.5 Å². The van der Waals surface area contributed by atoms with Gasteiger partial charge in [0.1, 0.15) is 11.5 Å². The van der Waals surface area contributed by atoms with E-state index in [0.29, 0.717) is 28.3 Å². The summed E-state index contributed by atoms with van der Waals surface area (Å²) in [5.74, 6) is 1.23. The molecule has 5 heteroatoms. The fourth-order valence-corrected chi connectivity index (χ4v) is 2.46. The Morgan fingerprint density at radius 2 is 1.64 bits per heavy atom. The number of carbonyl (C=O) groups excluding carboxylic acids is 1. The Hall–Kier alpha value is -3.34. The van der Waals surface area contributed by atoms with Gasteiger partial charge in [0.2, 0.25) is 0 Å². The van der Waals surface area contributed by atoms with Crippen LogP contribution in [-0.4, -0.2) is 25.0 Å². The Morgan fingerprint density at radius 1 is 0.960 bits per heavy atom. The Kier molecular flexibility index (Phi) is 4.95. The number of nitrogens with one attached hydrogen (secondary N) is 1. The fraction of sp³-hybridized carbons (Fsp3) is 0.100. The maximum absolute atomic E-state index is 12.8. The van der Waals surface area contributed by atoms with Crippen molar-refractivity contribution in [2.45, 2.75) is 0 Å². The van der Waals surface area contributed by atoms with Crippen LogP contribution in [0.5, 0.6) is 11.5 Å². The lowest BCUT2D eigenvalue weighted by atomic mass is 10.0. The summed E-state index contributed by atoms with van der Waals surface area (Å²) in [7, 11) is 3.19. The van der Waals surface area contributed by atoms with E-state index in [1.165, 1.54) is 0 Å². The monoisotopic (exact) mass is 334 g/mol. The molecule has 0 radical (unpaired) electrons. The van der Waals surface area contributed by atoms with Gasteiger partial charge < -0.3 is 14.8 Å². The van der Waals surface area contributed by atoms with Gasteiger partial charge in [0.05, 0.1) is 25.5 Å². The molecule has 3 rings (SSSR count). The van der Waals surface area contributed by atoms with E-state index >= 15 is 0 Å². The molecular weight excluding hydrogens is 316 g/mol. The predicted molar refractivity (Wildman–Crippen MR) is 96.9 cm³/mol. The number of anilines is 2. The van der Waals surface area contributed by atoms with Crippen LogP contribution in [0.15, 0.2) is 67.0 Å². The molecule has 0 aliphatic rings. The van der Waals surface area contributed by atoms with Crippen LogP contribution in [0.2, 0.25) is 0 Å². The molecule has 0 spiro atoms. The third-order valence-electron chi connectivity index (χ3n) is 3.73. The first-order valence-corrected chi connectivity index (χ1v) is 7.75. The number of aromatic nitrogens is 1. The highest BCUT2D eigenvalue weighted by Crippen LogP contribution is 2.29. The minimum Gasteiger partial charge on any atom is -0.497 e. The van der Waals surface area contributed by atoms with Crippen molar-refractivity contribution >= 4 is 17.2 Å². The van der Waals surface area contributed by atoms with Gasteiger partial charge in [-0.15, -0.1) is 0 Å². The van der Waals surface area contributed by atoms with Crippen LogP contribution in [0.25, 0.3) is 0 Å². The minimum atomic E-state index is -0.0916. The maximum Gasteiger partial charge on any atom is 0.196 e. The molecule has 25 heavy (non-hydrogen) atoms. The molecule has 0 unspecified atom stereocenters. The zero-order valence-electron chi connectivity index (χ0n) is 14.0. The summed E-state index contributed by atoms with van der Waals surface area (Å²) in [5.41, 5.74) is 2.53. The van der Waals surface area contributed by atoms with E-state index in [0.717, 1.165) is 5.69 Å². The number of ether oxygens (including phenoxy) is 2. The number of ketones is 1. The van der Waals surface area contributed by atoms with E-state index in [1.807, 2.05) is 30.3 Å². The summed E-state index contributed by atoms with van der Waals surface area (Å²) in [6.45, 7) is 0. The average molecular weight is 334 g/mol. The van der Waals surface area contributed by atoms with Crippen molar-refractivity contribution in [1.82, 2.24) is 4.98 Å².